The average Bonchev–Trinajstić information content (AvgIpc) is 3.39. The molecule has 0 N–H and O–H groups in total. The number of hydrogen-bond donors (Lipinski definition) is 0. The fourth-order valence-electron chi connectivity index (χ4n) is 2.96. The highest BCUT2D eigenvalue weighted by atomic mass is 16.5. The third-order valence-electron chi connectivity index (χ3n) is 4.47. The van der Waals surface area contributed by atoms with Gasteiger partial charge in [-0.25, -0.2) is 0 Å². The van der Waals surface area contributed by atoms with Crippen LogP contribution in [0, 0.1) is 0 Å². The van der Waals surface area contributed by atoms with E-state index in [1.807, 2.05) is 24.3 Å². The SMILES string of the molecule is COc1ccc(-c2noc(CN(C)C(=O)c3cc4ccccc4o3)n2)c(OC)c1. The molecule has 4 aromatic rings. The molecule has 1 amide bonds. The van der Waals surface area contributed by atoms with E-state index in [1.165, 1.54) is 4.90 Å². The summed E-state index contributed by atoms with van der Waals surface area (Å²) >= 11 is 0. The molecule has 2 aromatic carbocycles. The molecule has 0 bridgehead atoms. The molecule has 0 aliphatic carbocycles. The Morgan fingerprint density at radius 1 is 1.10 bits per heavy atom. The van der Waals surface area contributed by atoms with Gasteiger partial charge in [0.1, 0.15) is 23.6 Å². The zero-order valence-electron chi connectivity index (χ0n) is 16.2. The Balaban J connectivity index is 1.52. The molecule has 2 aromatic heterocycles. The molecular formula is C21H19N3O5. The van der Waals surface area contributed by atoms with Crippen molar-refractivity contribution in [2.45, 2.75) is 6.54 Å². The zero-order valence-corrected chi connectivity index (χ0v) is 16.2. The smallest absolute Gasteiger partial charge is 0.289 e. The topological polar surface area (TPSA) is 90.8 Å². The number of para-hydroxylation sites is 1. The largest absolute Gasteiger partial charge is 0.497 e. The minimum absolute atomic E-state index is 0.140. The van der Waals surface area contributed by atoms with Crippen molar-refractivity contribution in [3.05, 3.63) is 60.2 Å². The third kappa shape index (κ3) is 3.64. The maximum absolute atomic E-state index is 12.7. The second kappa shape index (κ2) is 7.67. The summed E-state index contributed by atoms with van der Waals surface area (Å²) in [5.74, 6) is 1.86. The molecule has 0 fully saturated rings. The molecule has 148 valence electrons. The van der Waals surface area contributed by atoms with Crippen molar-refractivity contribution >= 4 is 16.9 Å². The summed E-state index contributed by atoms with van der Waals surface area (Å²) in [5.41, 5.74) is 1.32. The molecule has 0 saturated heterocycles. The van der Waals surface area contributed by atoms with Crippen molar-refractivity contribution in [3.8, 4) is 22.9 Å². The van der Waals surface area contributed by atoms with E-state index in [2.05, 4.69) is 10.1 Å². The number of carbonyl (C=O) groups is 1. The molecule has 0 unspecified atom stereocenters. The van der Waals surface area contributed by atoms with Gasteiger partial charge in [0, 0.05) is 18.5 Å². The summed E-state index contributed by atoms with van der Waals surface area (Å²) in [4.78, 5) is 18.5. The van der Waals surface area contributed by atoms with Gasteiger partial charge >= 0.3 is 0 Å². The number of rotatable bonds is 6. The van der Waals surface area contributed by atoms with E-state index in [-0.39, 0.29) is 18.2 Å². The number of amides is 1. The summed E-state index contributed by atoms with van der Waals surface area (Å²) < 4.78 is 21.5. The van der Waals surface area contributed by atoms with Gasteiger partial charge in [-0.15, -0.1) is 0 Å². The lowest BCUT2D eigenvalue weighted by molar-refractivity contribution is 0.0740. The first-order valence-corrected chi connectivity index (χ1v) is 8.88. The van der Waals surface area contributed by atoms with Gasteiger partial charge in [-0.2, -0.15) is 4.98 Å². The second-order valence-corrected chi connectivity index (χ2v) is 6.39. The molecule has 2 heterocycles. The first kappa shape index (κ1) is 18.5. The normalized spacial score (nSPS) is 10.9. The Kier molecular flexibility index (Phi) is 4.90. The Labute approximate surface area is 166 Å². The maximum atomic E-state index is 12.7. The Morgan fingerprint density at radius 3 is 2.69 bits per heavy atom. The van der Waals surface area contributed by atoms with Gasteiger partial charge in [-0.1, -0.05) is 23.4 Å². The second-order valence-electron chi connectivity index (χ2n) is 6.39. The fraction of sp³-hybridized carbons (Fsp3) is 0.190. The van der Waals surface area contributed by atoms with E-state index in [4.69, 9.17) is 18.4 Å². The lowest BCUT2D eigenvalue weighted by atomic mass is 10.2. The lowest BCUT2D eigenvalue weighted by Gasteiger charge is -2.12. The predicted molar refractivity (Wildman–Crippen MR) is 105 cm³/mol. The lowest BCUT2D eigenvalue weighted by Crippen LogP contribution is -2.25. The van der Waals surface area contributed by atoms with Crippen LogP contribution in [0.4, 0.5) is 0 Å². The van der Waals surface area contributed by atoms with Gasteiger partial charge in [0.05, 0.1) is 19.8 Å². The highest BCUT2D eigenvalue weighted by Crippen LogP contribution is 2.31. The van der Waals surface area contributed by atoms with Gasteiger partial charge in [0.15, 0.2) is 5.76 Å². The molecule has 0 spiro atoms. The van der Waals surface area contributed by atoms with Crippen LogP contribution in [0.5, 0.6) is 11.5 Å². The Morgan fingerprint density at radius 2 is 1.93 bits per heavy atom. The van der Waals surface area contributed by atoms with Gasteiger partial charge in [0.25, 0.3) is 5.91 Å². The number of carbonyl (C=O) groups excluding carboxylic acids is 1. The van der Waals surface area contributed by atoms with Gasteiger partial charge < -0.3 is 23.3 Å². The van der Waals surface area contributed by atoms with E-state index in [1.54, 1.807) is 45.5 Å². The monoisotopic (exact) mass is 393 g/mol. The number of nitrogens with zero attached hydrogens (tertiary/aromatic N) is 3. The number of methoxy groups -OCH3 is 2. The maximum Gasteiger partial charge on any atom is 0.289 e. The van der Waals surface area contributed by atoms with Crippen LogP contribution < -0.4 is 9.47 Å². The van der Waals surface area contributed by atoms with Crippen LogP contribution in [0.1, 0.15) is 16.4 Å². The third-order valence-corrected chi connectivity index (χ3v) is 4.47. The van der Waals surface area contributed by atoms with E-state index in [9.17, 15) is 4.79 Å². The summed E-state index contributed by atoms with van der Waals surface area (Å²) in [5, 5.41) is 4.87. The molecule has 4 rings (SSSR count). The number of furan rings is 1. The molecule has 8 heteroatoms. The van der Waals surface area contributed by atoms with E-state index in [0.29, 0.717) is 34.4 Å². The van der Waals surface area contributed by atoms with Crippen LogP contribution >= 0.6 is 0 Å². The van der Waals surface area contributed by atoms with Crippen LogP contribution in [-0.2, 0) is 6.54 Å². The minimum Gasteiger partial charge on any atom is -0.497 e. The molecule has 0 radical (unpaired) electrons. The van der Waals surface area contributed by atoms with Crippen LogP contribution in [0.25, 0.3) is 22.4 Å². The molecule has 0 aliphatic rings. The molecule has 0 aliphatic heterocycles. The van der Waals surface area contributed by atoms with E-state index < -0.39 is 0 Å². The first-order valence-electron chi connectivity index (χ1n) is 8.88. The van der Waals surface area contributed by atoms with Crippen molar-refractivity contribution in [2.24, 2.45) is 0 Å². The highest BCUT2D eigenvalue weighted by molar-refractivity contribution is 5.95. The van der Waals surface area contributed by atoms with Crippen LogP contribution in [-0.4, -0.2) is 42.2 Å². The molecular weight excluding hydrogens is 374 g/mol. The van der Waals surface area contributed by atoms with Crippen LogP contribution in [0.15, 0.2) is 57.5 Å². The van der Waals surface area contributed by atoms with Crippen molar-refractivity contribution in [1.29, 1.82) is 0 Å². The summed E-state index contributed by atoms with van der Waals surface area (Å²) in [6.07, 6.45) is 0. The van der Waals surface area contributed by atoms with Crippen molar-refractivity contribution in [1.82, 2.24) is 15.0 Å². The van der Waals surface area contributed by atoms with Crippen molar-refractivity contribution < 1.29 is 23.2 Å². The summed E-state index contributed by atoms with van der Waals surface area (Å²) in [7, 11) is 4.78. The Hall–Kier alpha value is -3.81. The standard InChI is InChI=1S/C21H19N3O5/c1-24(21(25)18-10-13-6-4-5-7-16(13)28-18)12-19-22-20(23-29-19)15-9-8-14(26-2)11-17(15)27-3/h4-11H,12H2,1-3H3. The predicted octanol–water partition coefficient (Wildman–Crippen LogP) is 3.77. The molecule has 0 saturated carbocycles. The minimum atomic E-state index is -0.275. The van der Waals surface area contributed by atoms with Crippen molar-refractivity contribution in [3.63, 3.8) is 0 Å². The van der Waals surface area contributed by atoms with E-state index in [0.717, 1.165) is 5.39 Å². The van der Waals surface area contributed by atoms with Crippen molar-refractivity contribution in [2.75, 3.05) is 21.3 Å². The first-order chi connectivity index (χ1) is 14.1. The molecule has 29 heavy (non-hydrogen) atoms. The highest BCUT2D eigenvalue weighted by Gasteiger charge is 2.20. The fourth-order valence-corrected chi connectivity index (χ4v) is 2.96. The zero-order chi connectivity index (χ0) is 20.4. The van der Waals surface area contributed by atoms with Gasteiger partial charge in [0.2, 0.25) is 11.7 Å². The number of benzene rings is 2. The molecule has 8 nitrogen and oxygen atoms in total. The Bertz CT molecular complexity index is 1130. The van der Waals surface area contributed by atoms with E-state index >= 15 is 0 Å². The van der Waals surface area contributed by atoms with Gasteiger partial charge in [-0.3, -0.25) is 4.79 Å². The number of aromatic nitrogens is 2. The quantitative estimate of drug-likeness (QED) is 0.492. The summed E-state index contributed by atoms with van der Waals surface area (Å²) in [6.45, 7) is 0.140. The van der Waals surface area contributed by atoms with Crippen LogP contribution in [0.2, 0.25) is 0 Å². The number of fused-ring (bicyclic) bond motifs is 1. The summed E-state index contributed by atoms with van der Waals surface area (Å²) in [6, 6.07) is 14.5. The number of ether oxygens (including phenoxy) is 2. The number of hydrogen-bond acceptors (Lipinski definition) is 7. The van der Waals surface area contributed by atoms with Crippen LogP contribution in [0.3, 0.4) is 0 Å². The average molecular weight is 393 g/mol. The van der Waals surface area contributed by atoms with Gasteiger partial charge in [-0.05, 0) is 24.3 Å². The molecule has 0 atom stereocenters.